The third kappa shape index (κ3) is 4.67. The number of esters is 2. The number of amides is 1. The van der Waals surface area contributed by atoms with Gasteiger partial charge in [0.15, 0.2) is 5.69 Å². The smallest absolute Gasteiger partial charge is 0.436 e. The lowest BCUT2D eigenvalue weighted by molar-refractivity contribution is -0.142. The van der Waals surface area contributed by atoms with Crippen molar-refractivity contribution in [3.63, 3.8) is 0 Å². The summed E-state index contributed by atoms with van der Waals surface area (Å²) in [7, 11) is 2.32. The van der Waals surface area contributed by atoms with Crippen molar-refractivity contribution in [2.45, 2.75) is 26.4 Å². The number of alkyl halides is 3. The van der Waals surface area contributed by atoms with Crippen molar-refractivity contribution < 1.29 is 37.0 Å². The topological polar surface area (TPSA) is 99.5 Å². The normalized spacial score (nSPS) is 11.3. The zero-order chi connectivity index (χ0) is 22.8. The van der Waals surface area contributed by atoms with Crippen LogP contribution in [0.1, 0.15) is 55.1 Å². The number of ether oxygens (including phenoxy) is 2. The molecule has 1 amide bonds. The molecular formula is C17H17BrF3N3O5S. The Bertz CT molecular complexity index is 1000. The molecule has 30 heavy (non-hydrogen) atoms. The summed E-state index contributed by atoms with van der Waals surface area (Å²) in [6, 6.07) is 0. The monoisotopic (exact) mass is 511 g/mol. The number of carbonyl (C=O) groups is 3. The molecule has 0 saturated carbocycles. The molecule has 0 aliphatic rings. The SMILES string of the molecule is CCCOC(=O)c1c(NC(=O)c2c(Br)c(C(F)(F)F)nn2C)sc(C(=O)OC)c1C. The first kappa shape index (κ1) is 23.9. The molecular weight excluding hydrogens is 495 g/mol. The predicted molar refractivity (Wildman–Crippen MR) is 105 cm³/mol. The van der Waals surface area contributed by atoms with Gasteiger partial charge in [-0.3, -0.25) is 9.48 Å². The largest absolute Gasteiger partial charge is 0.465 e. The summed E-state index contributed by atoms with van der Waals surface area (Å²) in [4.78, 5) is 37.2. The molecule has 13 heteroatoms. The van der Waals surface area contributed by atoms with Gasteiger partial charge in [0.1, 0.15) is 15.6 Å². The Kier molecular flexibility index (Phi) is 7.29. The van der Waals surface area contributed by atoms with E-state index in [1.807, 2.05) is 0 Å². The molecule has 0 aliphatic heterocycles. The highest BCUT2D eigenvalue weighted by Crippen LogP contribution is 2.37. The molecule has 2 aromatic heterocycles. The van der Waals surface area contributed by atoms with Crippen LogP contribution in [0.2, 0.25) is 0 Å². The van der Waals surface area contributed by atoms with E-state index in [4.69, 9.17) is 4.74 Å². The number of aromatic nitrogens is 2. The van der Waals surface area contributed by atoms with Crippen molar-refractivity contribution in [1.82, 2.24) is 9.78 Å². The number of rotatable bonds is 6. The van der Waals surface area contributed by atoms with Crippen LogP contribution in [0.4, 0.5) is 18.2 Å². The minimum absolute atomic E-state index is 0.0521. The minimum atomic E-state index is -4.78. The molecule has 0 aromatic carbocycles. The van der Waals surface area contributed by atoms with Gasteiger partial charge in [0.25, 0.3) is 5.91 Å². The van der Waals surface area contributed by atoms with Crippen LogP contribution >= 0.6 is 27.3 Å². The van der Waals surface area contributed by atoms with Crippen molar-refractivity contribution in [3.05, 3.63) is 31.9 Å². The summed E-state index contributed by atoms with van der Waals surface area (Å²) in [5.41, 5.74) is -1.53. The summed E-state index contributed by atoms with van der Waals surface area (Å²) in [6.45, 7) is 3.37. The number of hydrogen-bond acceptors (Lipinski definition) is 7. The van der Waals surface area contributed by atoms with E-state index in [1.165, 1.54) is 14.0 Å². The van der Waals surface area contributed by atoms with Gasteiger partial charge in [-0.05, 0) is 34.8 Å². The first-order valence-corrected chi connectivity index (χ1v) is 10.0. The maximum atomic E-state index is 13.1. The van der Waals surface area contributed by atoms with E-state index in [2.05, 4.69) is 31.1 Å². The second kappa shape index (κ2) is 9.16. The molecule has 0 unspecified atom stereocenters. The van der Waals surface area contributed by atoms with Crippen molar-refractivity contribution in [2.24, 2.45) is 7.05 Å². The molecule has 0 fully saturated rings. The third-order valence-corrected chi connectivity index (χ3v) is 5.80. The van der Waals surface area contributed by atoms with Crippen LogP contribution in [0.5, 0.6) is 0 Å². The summed E-state index contributed by atoms with van der Waals surface area (Å²) in [5, 5.41) is 5.66. The van der Waals surface area contributed by atoms with E-state index in [0.717, 1.165) is 23.1 Å². The second-order valence-electron chi connectivity index (χ2n) is 5.97. The molecule has 0 radical (unpaired) electrons. The van der Waals surface area contributed by atoms with Crippen LogP contribution in [-0.2, 0) is 22.7 Å². The maximum Gasteiger partial charge on any atom is 0.436 e. The van der Waals surface area contributed by atoms with E-state index in [1.54, 1.807) is 6.92 Å². The van der Waals surface area contributed by atoms with Crippen LogP contribution in [0, 0.1) is 6.92 Å². The highest BCUT2D eigenvalue weighted by molar-refractivity contribution is 9.10. The van der Waals surface area contributed by atoms with E-state index in [0.29, 0.717) is 6.42 Å². The number of hydrogen-bond donors (Lipinski definition) is 1. The maximum absolute atomic E-state index is 13.1. The fourth-order valence-electron chi connectivity index (χ4n) is 2.49. The van der Waals surface area contributed by atoms with Gasteiger partial charge in [0, 0.05) is 7.05 Å². The van der Waals surface area contributed by atoms with Crippen molar-refractivity contribution in [2.75, 3.05) is 19.0 Å². The van der Waals surface area contributed by atoms with Gasteiger partial charge in [-0.1, -0.05) is 6.92 Å². The second-order valence-corrected chi connectivity index (χ2v) is 7.79. The summed E-state index contributed by atoms with van der Waals surface area (Å²) < 4.78 is 49.2. The number of methoxy groups -OCH3 is 1. The van der Waals surface area contributed by atoms with Crippen LogP contribution < -0.4 is 5.32 Å². The predicted octanol–water partition coefficient (Wildman–Crippen LogP) is 4.18. The van der Waals surface area contributed by atoms with Gasteiger partial charge in [-0.25, -0.2) is 9.59 Å². The van der Waals surface area contributed by atoms with E-state index < -0.39 is 39.9 Å². The van der Waals surface area contributed by atoms with E-state index in [-0.39, 0.29) is 27.6 Å². The number of thiophene rings is 1. The van der Waals surface area contributed by atoms with Gasteiger partial charge in [0.2, 0.25) is 0 Å². The molecule has 0 aliphatic carbocycles. The van der Waals surface area contributed by atoms with Crippen molar-refractivity contribution in [3.8, 4) is 0 Å². The average molecular weight is 512 g/mol. The van der Waals surface area contributed by atoms with Crippen molar-refractivity contribution in [1.29, 1.82) is 0 Å². The minimum Gasteiger partial charge on any atom is -0.465 e. The third-order valence-electron chi connectivity index (χ3n) is 3.86. The molecule has 164 valence electrons. The Labute approximate surface area is 181 Å². The van der Waals surface area contributed by atoms with Gasteiger partial charge >= 0.3 is 18.1 Å². The summed E-state index contributed by atoms with van der Waals surface area (Å²) in [5.74, 6) is -2.48. The van der Waals surface area contributed by atoms with Gasteiger partial charge in [-0.2, -0.15) is 18.3 Å². The Hall–Kier alpha value is -2.41. The van der Waals surface area contributed by atoms with E-state index >= 15 is 0 Å². The number of halogens is 4. The number of aryl methyl sites for hydroxylation is 1. The Morgan fingerprint density at radius 3 is 2.40 bits per heavy atom. The van der Waals surface area contributed by atoms with E-state index in [9.17, 15) is 27.6 Å². The van der Waals surface area contributed by atoms with Gasteiger partial charge in [0.05, 0.1) is 23.8 Å². The molecule has 0 atom stereocenters. The lowest BCUT2D eigenvalue weighted by Crippen LogP contribution is -2.18. The fourth-order valence-corrected chi connectivity index (χ4v) is 4.34. The summed E-state index contributed by atoms with van der Waals surface area (Å²) in [6.07, 6.45) is -4.23. The molecule has 2 rings (SSSR count). The fraction of sp³-hybridized carbons (Fsp3) is 0.412. The molecule has 0 spiro atoms. The first-order valence-electron chi connectivity index (χ1n) is 8.43. The number of nitrogens with zero attached hydrogens (tertiary/aromatic N) is 2. The lowest BCUT2D eigenvalue weighted by atomic mass is 10.1. The molecule has 0 bridgehead atoms. The highest BCUT2D eigenvalue weighted by Gasteiger charge is 2.39. The average Bonchev–Trinajstić information content (AvgIpc) is 3.14. The Balaban J connectivity index is 2.49. The Morgan fingerprint density at radius 2 is 1.90 bits per heavy atom. The number of anilines is 1. The van der Waals surface area contributed by atoms with Gasteiger partial charge < -0.3 is 14.8 Å². The quantitative estimate of drug-likeness (QED) is 0.584. The molecule has 2 aromatic rings. The van der Waals surface area contributed by atoms with Crippen LogP contribution in [0.3, 0.4) is 0 Å². The van der Waals surface area contributed by atoms with Gasteiger partial charge in [-0.15, -0.1) is 11.3 Å². The van der Waals surface area contributed by atoms with Crippen LogP contribution in [-0.4, -0.2) is 41.3 Å². The lowest BCUT2D eigenvalue weighted by Gasteiger charge is -2.08. The molecule has 1 N–H and O–H groups in total. The van der Waals surface area contributed by atoms with Crippen LogP contribution in [0.15, 0.2) is 4.47 Å². The first-order chi connectivity index (χ1) is 13.9. The summed E-state index contributed by atoms with van der Waals surface area (Å²) >= 11 is 3.51. The zero-order valence-electron chi connectivity index (χ0n) is 16.3. The molecule has 8 nitrogen and oxygen atoms in total. The zero-order valence-corrected chi connectivity index (χ0v) is 18.7. The number of carbonyl (C=O) groups excluding carboxylic acids is 3. The Morgan fingerprint density at radius 1 is 1.27 bits per heavy atom. The number of nitrogens with one attached hydrogen (secondary N) is 1. The van der Waals surface area contributed by atoms with Crippen LogP contribution in [0.25, 0.3) is 0 Å². The molecule has 2 heterocycles. The molecule has 0 saturated heterocycles. The van der Waals surface area contributed by atoms with Crippen molar-refractivity contribution >= 4 is 50.1 Å². The highest BCUT2D eigenvalue weighted by atomic mass is 79.9. The standard InChI is InChI=1S/C17H17BrF3N3O5S/c1-5-6-29-15(26)8-7(2)11(16(27)28-4)30-14(8)22-13(25)10-9(18)12(17(19,20)21)23-24(10)3/h5-6H2,1-4H3,(H,22,25).